The number of amides is 3. The van der Waals surface area contributed by atoms with Crippen LogP contribution in [-0.2, 0) is 40.3 Å². The minimum absolute atomic E-state index is 0.252. The number of hydrogen-bond donors (Lipinski definition) is 7. The lowest BCUT2D eigenvalue weighted by atomic mass is 9.98. The van der Waals surface area contributed by atoms with Gasteiger partial charge < -0.3 is 46.9 Å². The van der Waals surface area contributed by atoms with E-state index in [1.807, 2.05) is 101 Å². The molecule has 4 aromatic carbocycles. The van der Waals surface area contributed by atoms with Gasteiger partial charge in [0, 0.05) is 77.3 Å². The van der Waals surface area contributed by atoms with Gasteiger partial charge in [0.1, 0.15) is 17.2 Å². The molecule has 0 bridgehead atoms. The molecule has 16 nitrogen and oxygen atoms in total. The SMILES string of the molecule is C=CC(=O)Nc1cccc(Nc2nc(Nc3cccc4c3CCN(C(=O)OC(C)(C)C)C4)ncc2C)c1.C=CC(=O)Nc1cccc(Nc2nc(Nc3cccc4c3CCNC4)ncc2C)c1. The van der Waals surface area contributed by atoms with Crippen molar-refractivity contribution < 1.29 is 19.1 Å². The van der Waals surface area contributed by atoms with Gasteiger partial charge in [-0.15, -0.1) is 0 Å². The van der Waals surface area contributed by atoms with Crippen LogP contribution in [0.4, 0.5) is 62.5 Å². The Hall–Kier alpha value is -8.11. The molecular weight excluding hydrogens is 845 g/mol. The van der Waals surface area contributed by atoms with Gasteiger partial charge in [0.05, 0.1) is 0 Å². The molecule has 0 unspecified atom stereocenters. The molecule has 6 aromatic rings. The Kier molecular flexibility index (Phi) is 14.9. The Morgan fingerprint density at radius 1 is 0.672 bits per heavy atom. The maximum Gasteiger partial charge on any atom is 0.410 e. The first-order valence-corrected chi connectivity index (χ1v) is 22.0. The lowest BCUT2D eigenvalue weighted by Gasteiger charge is -2.32. The van der Waals surface area contributed by atoms with E-state index in [2.05, 4.69) is 82.4 Å². The second-order valence-corrected chi connectivity index (χ2v) is 17.0. The maximum atomic E-state index is 12.5. The van der Waals surface area contributed by atoms with Crippen molar-refractivity contribution in [1.82, 2.24) is 30.2 Å². The topological polar surface area (TPSA) is 199 Å². The normalized spacial score (nSPS) is 12.7. The summed E-state index contributed by atoms with van der Waals surface area (Å²) in [5, 5.41) is 22.2. The van der Waals surface area contributed by atoms with E-state index < -0.39 is 5.60 Å². The molecule has 16 heteroatoms. The monoisotopic (exact) mass is 900 g/mol. The predicted molar refractivity (Wildman–Crippen MR) is 266 cm³/mol. The number of aryl methyl sites for hydroxylation is 2. The van der Waals surface area contributed by atoms with Gasteiger partial charge in [0.2, 0.25) is 23.7 Å². The van der Waals surface area contributed by atoms with Crippen molar-refractivity contribution in [3.05, 3.63) is 156 Å². The third-order valence-corrected chi connectivity index (χ3v) is 10.7. The van der Waals surface area contributed by atoms with Crippen molar-refractivity contribution in [3.63, 3.8) is 0 Å². The number of carbonyl (C=O) groups excluding carboxylic acids is 3. The molecule has 344 valence electrons. The molecule has 67 heavy (non-hydrogen) atoms. The van der Waals surface area contributed by atoms with E-state index in [1.54, 1.807) is 23.4 Å². The number of nitrogens with zero attached hydrogens (tertiary/aromatic N) is 5. The number of carbonyl (C=O) groups is 3. The Balaban J connectivity index is 0.000000203. The lowest BCUT2D eigenvalue weighted by Crippen LogP contribution is -2.40. The van der Waals surface area contributed by atoms with Crippen molar-refractivity contribution in [3.8, 4) is 0 Å². The quantitative estimate of drug-likeness (QED) is 0.0574. The minimum atomic E-state index is -0.532. The van der Waals surface area contributed by atoms with Gasteiger partial charge in [0.15, 0.2) is 0 Å². The molecule has 0 radical (unpaired) electrons. The molecule has 0 atom stereocenters. The van der Waals surface area contributed by atoms with Crippen molar-refractivity contribution in [1.29, 1.82) is 0 Å². The highest BCUT2D eigenvalue weighted by Crippen LogP contribution is 2.31. The largest absolute Gasteiger partial charge is 0.444 e. The van der Waals surface area contributed by atoms with Crippen molar-refractivity contribution in [2.45, 2.75) is 66.2 Å². The predicted octanol–water partition coefficient (Wildman–Crippen LogP) is 9.73. The molecule has 0 aliphatic carbocycles. The van der Waals surface area contributed by atoms with Crippen molar-refractivity contribution in [2.24, 2.45) is 0 Å². The zero-order chi connectivity index (χ0) is 47.5. The van der Waals surface area contributed by atoms with E-state index >= 15 is 0 Å². The van der Waals surface area contributed by atoms with Crippen LogP contribution in [0.3, 0.4) is 0 Å². The number of aromatic nitrogens is 4. The van der Waals surface area contributed by atoms with Gasteiger partial charge in [-0.2, -0.15) is 9.97 Å². The summed E-state index contributed by atoms with van der Waals surface area (Å²) in [6, 6.07) is 27.0. The van der Waals surface area contributed by atoms with Crippen LogP contribution in [0.5, 0.6) is 0 Å². The summed E-state index contributed by atoms with van der Waals surface area (Å²) in [4.78, 5) is 55.7. The van der Waals surface area contributed by atoms with Gasteiger partial charge in [-0.3, -0.25) is 9.59 Å². The van der Waals surface area contributed by atoms with E-state index in [-0.39, 0.29) is 17.9 Å². The average Bonchev–Trinajstić information content (AvgIpc) is 3.31. The fourth-order valence-electron chi connectivity index (χ4n) is 7.37. The van der Waals surface area contributed by atoms with Crippen LogP contribution in [0.25, 0.3) is 0 Å². The zero-order valence-corrected chi connectivity index (χ0v) is 38.4. The van der Waals surface area contributed by atoms with Crippen molar-refractivity contribution >= 4 is 75.6 Å². The summed E-state index contributed by atoms with van der Waals surface area (Å²) in [7, 11) is 0. The second kappa shape index (κ2) is 21.3. The fraction of sp³-hybridized carbons (Fsp3) is 0.235. The minimum Gasteiger partial charge on any atom is -0.444 e. The molecule has 0 spiro atoms. The molecule has 0 fully saturated rings. The number of nitrogens with one attached hydrogen (secondary N) is 7. The first-order valence-electron chi connectivity index (χ1n) is 22.0. The summed E-state index contributed by atoms with van der Waals surface area (Å²) < 4.78 is 5.54. The second-order valence-electron chi connectivity index (χ2n) is 17.0. The Bertz CT molecular complexity index is 2800. The lowest BCUT2D eigenvalue weighted by molar-refractivity contribution is -0.112. The summed E-state index contributed by atoms with van der Waals surface area (Å²) in [6.07, 6.45) is 7.37. The summed E-state index contributed by atoms with van der Waals surface area (Å²) in [5.74, 6) is 1.80. The third kappa shape index (κ3) is 12.8. The molecule has 2 aliphatic heterocycles. The smallest absolute Gasteiger partial charge is 0.410 e. The third-order valence-electron chi connectivity index (χ3n) is 10.7. The van der Waals surface area contributed by atoms with E-state index in [0.717, 1.165) is 64.5 Å². The Labute approximate surface area is 390 Å². The van der Waals surface area contributed by atoms with Crippen LogP contribution in [0.2, 0.25) is 0 Å². The highest BCUT2D eigenvalue weighted by molar-refractivity contribution is 5.99. The number of rotatable bonds is 12. The molecule has 3 amide bonds. The van der Waals surface area contributed by atoms with E-state index in [0.29, 0.717) is 54.4 Å². The van der Waals surface area contributed by atoms with Gasteiger partial charge in [0.25, 0.3) is 0 Å². The number of ether oxygens (including phenoxy) is 1. The van der Waals surface area contributed by atoms with Crippen LogP contribution < -0.4 is 37.2 Å². The molecule has 2 aliphatic rings. The molecule has 2 aromatic heterocycles. The first kappa shape index (κ1) is 46.9. The first-order chi connectivity index (χ1) is 32.2. The van der Waals surface area contributed by atoms with Crippen LogP contribution in [-0.4, -0.2) is 61.4 Å². The number of hydrogen-bond acceptors (Lipinski definition) is 13. The van der Waals surface area contributed by atoms with Gasteiger partial charge in [-0.1, -0.05) is 49.6 Å². The van der Waals surface area contributed by atoms with Gasteiger partial charge >= 0.3 is 6.09 Å². The van der Waals surface area contributed by atoms with E-state index in [1.165, 1.54) is 23.3 Å². The van der Waals surface area contributed by atoms with Crippen molar-refractivity contribution in [2.75, 3.05) is 45.0 Å². The zero-order valence-electron chi connectivity index (χ0n) is 38.4. The summed E-state index contributed by atoms with van der Waals surface area (Å²) in [6.45, 7) is 19.3. The number of anilines is 10. The molecule has 0 saturated carbocycles. The molecular formula is C51H56N12O4. The maximum absolute atomic E-state index is 12.5. The Morgan fingerprint density at radius 2 is 1.16 bits per heavy atom. The number of fused-ring (bicyclic) bond motifs is 2. The summed E-state index contributed by atoms with van der Waals surface area (Å²) >= 11 is 0. The van der Waals surface area contributed by atoms with Gasteiger partial charge in [-0.05, 0) is 137 Å². The average molecular weight is 901 g/mol. The van der Waals surface area contributed by atoms with Crippen LogP contribution >= 0.6 is 0 Å². The van der Waals surface area contributed by atoms with Crippen LogP contribution in [0.1, 0.15) is 54.2 Å². The van der Waals surface area contributed by atoms with E-state index in [4.69, 9.17) is 4.74 Å². The molecule has 7 N–H and O–H groups in total. The molecule has 4 heterocycles. The molecule has 0 saturated heterocycles. The van der Waals surface area contributed by atoms with E-state index in [9.17, 15) is 14.4 Å². The highest BCUT2D eigenvalue weighted by atomic mass is 16.6. The summed E-state index contributed by atoms with van der Waals surface area (Å²) in [5.41, 5.74) is 10.9. The standard InChI is InChI=1S/C28H32N6O3.C23H24N6O/c1-6-24(35)30-20-10-8-11-21(15-20)31-25-18(2)16-29-26(33-25)32-23-12-7-9-19-17-34(14-13-22(19)23)27(36)37-28(3,4)5;1-3-21(30)26-17-7-5-8-18(12-17)27-22-15(2)13-25-23(29-22)28-20-9-4-6-16-14-24-11-10-19(16)20/h6-12,15-16H,1,13-14,17H2,2-5H3,(H,30,35)(H2,29,31,32,33);3-9,12-13,24H,1,10-11,14H2,2H3,(H,26,30)(H2,25,27,28,29). The number of benzene rings is 4. The van der Waals surface area contributed by atoms with Gasteiger partial charge in [-0.25, -0.2) is 14.8 Å². The van der Waals surface area contributed by atoms with Crippen LogP contribution in [0.15, 0.2) is 123 Å². The fourth-order valence-corrected chi connectivity index (χ4v) is 7.37. The van der Waals surface area contributed by atoms with Crippen LogP contribution in [0, 0.1) is 13.8 Å². The molecule has 8 rings (SSSR count). The Morgan fingerprint density at radius 3 is 1.69 bits per heavy atom. The highest BCUT2D eigenvalue weighted by Gasteiger charge is 2.27.